The van der Waals surface area contributed by atoms with E-state index in [0.29, 0.717) is 0 Å². The average molecular weight is 663 g/mol. The quantitative estimate of drug-likeness (QED) is 0.192. The Morgan fingerprint density at radius 3 is 1.12 bits per heavy atom. The van der Waals surface area contributed by atoms with Crippen LogP contribution in [0.4, 0.5) is 0 Å². The molecule has 6 aromatic rings. The summed E-state index contributed by atoms with van der Waals surface area (Å²) >= 11 is 0. The highest BCUT2D eigenvalue weighted by Gasteiger charge is 2.45. The molecule has 0 radical (unpaired) electrons. The van der Waals surface area contributed by atoms with Crippen LogP contribution in [0.25, 0.3) is 22.3 Å². The summed E-state index contributed by atoms with van der Waals surface area (Å²) in [5.74, 6) is 0. The molecule has 2 aliphatic heterocycles. The van der Waals surface area contributed by atoms with Crippen molar-refractivity contribution in [1.82, 2.24) is 9.97 Å². The number of rotatable bonds is 4. The Hall–Kier alpha value is -6.52. The molecule has 4 nitrogen and oxygen atoms in total. The zero-order chi connectivity index (χ0) is 33.7. The van der Waals surface area contributed by atoms with Crippen molar-refractivity contribution in [1.29, 1.82) is 0 Å². The molecule has 0 fully saturated rings. The van der Waals surface area contributed by atoms with Crippen LogP contribution in [0.2, 0.25) is 0 Å². The Balaban J connectivity index is 1.22. The van der Waals surface area contributed by atoms with E-state index in [1.165, 1.54) is 111 Å². The molecule has 242 valence electrons. The number of aromatic nitrogens is 2. The molecular formula is C48H30N4. The van der Waals surface area contributed by atoms with E-state index in [1.807, 2.05) is 0 Å². The molecule has 0 saturated heterocycles. The van der Waals surface area contributed by atoms with E-state index in [-0.39, 0.29) is 0 Å². The SMILES string of the molecule is c1ccc(C2=C3N=C(C4=C3C4)C(c3ccccc3)=c3[nH]c(c4c3C4)=C(c3ccccc3)C3=NC(=C(c4ccccc4)c4[nH]c2c2c4C2)C2=C3C2)cc1. The molecule has 5 aliphatic carbocycles. The first-order valence-corrected chi connectivity index (χ1v) is 18.4. The van der Waals surface area contributed by atoms with Gasteiger partial charge in [0.15, 0.2) is 0 Å². The van der Waals surface area contributed by atoms with Gasteiger partial charge in [-0.2, -0.15) is 0 Å². The molecule has 0 saturated carbocycles. The van der Waals surface area contributed by atoms with Gasteiger partial charge in [0.05, 0.1) is 44.9 Å². The van der Waals surface area contributed by atoms with Gasteiger partial charge in [-0.25, -0.2) is 9.98 Å². The molecule has 13 rings (SSSR count). The fourth-order valence-electron chi connectivity index (χ4n) is 9.14. The van der Waals surface area contributed by atoms with Crippen LogP contribution in [0.1, 0.15) is 68.7 Å². The first-order chi connectivity index (χ1) is 25.8. The third kappa shape index (κ3) is 3.71. The normalized spacial score (nSPS) is 18.3. The first kappa shape index (κ1) is 27.2. The summed E-state index contributed by atoms with van der Waals surface area (Å²) in [6, 6.07) is 43.6. The smallest absolute Gasteiger partial charge is 0.0775 e. The molecule has 8 bridgehead atoms. The maximum atomic E-state index is 5.67. The second kappa shape index (κ2) is 9.62. The molecular weight excluding hydrogens is 633 g/mol. The van der Waals surface area contributed by atoms with Crippen molar-refractivity contribution in [3.63, 3.8) is 0 Å². The molecule has 0 amide bonds. The molecule has 0 unspecified atom stereocenters. The van der Waals surface area contributed by atoms with Gasteiger partial charge in [-0.15, -0.1) is 0 Å². The standard InChI is InChI=1S/C48H30N4/c1-5-13-25(14-6-1)37-41-29-21-31(29)43(49-41)38(26-15-7-2-8-16-26)45-33-23-35(33)47(51-45)40(28-19-11-4-12-20-28)48-36-24-34(36)46(52-48)39(27-17-9-3-10-18-27)44-32-22-30(32)42(37)50-44/h1-20,49,52H,21-24H2. The maximum Gasteiger partial charge on any atom is 0.0775 e. The van der Waals surface area contributed by atoms with Crippen LogP contribution < -0.4 is 10.7 Å². The molecule has 2 aromatic heterocycles. The lowest BCUT2D eigenvalue weighted by Gasteiger charge is -2.16. The van der Waals surface area contributed by atoms with Crippen LogP contribution in [-0.2, 0) is 12.8 Å². The van der Waals surface area contributed by atoms with Crippen LogP contribution in [0.3, 0.4) is 0 Å². The van der Waals surface area contributed by atoms with Crippen molar-refractivity contribution in [2.45, 2.75) is 25.7 Å². The van der Waals surface area contributed by atoms with Gasteiger partial charge < -0.3 is 9.97 Å². The van der Waals surface area contributed by atoms with Crippen molar-refractivity contribution >= 4 is 33.7 Å². The summed E-state index contributed by atoms with van der Waals surface area (Å²) in [6.45, 7) is 0. The molecule has 4 heteroatoms. The van der Waals surface area contributed by atoms with Crippen molar-refractivity contribution in [2.24, 2.45) is 9.98 Å². The van der Waals surface area contributed by atoms with Crippen LogP contribution in [-0.4, -0.2) is 21.4 Å². The van der Waals surface area contributed by atoms with Gasteiger partial charge in [0, 0.05) is 48.0 Å². The fourth-order valence-corrected chi connectivity index (χ4v) is 9.14. The number of benzene rings is 4. The number of nitrogens with zero attached hydrogens (tertiary/aromatic N) is 2. The molecule has 4 aromatic carbocycles. The van der Waals surface area contributed by atoms with Gasteiger partial charge in [-0.1, -0.05) is 121 Å². The van der Waals surface area contributed by atoms with Gasteiger partial charge in [-0.05, 0) is 66.8 Å². The minimum atomic E-state index is 0.973. The van der Waals surface area contributed by atoms with Crippen molar-refractivity contribution in [2.75, 3.05) is 0 Å². The summed E-state index contributed by atoms with van der Waals surface area (Å²) in [6.07, 6.45) is 3.91. The van der Waals surface area contributed by atoms with Crippen molar-refractivity contribution in [3.8, 4) is 0 Å². The predicted octanol–water partition coefficient (Wildman–Crippen LogP) is 8.09. The highest BCUT2D eigenvalue weighted by Crippen LogP contribution is 2.55. The molecule has 0 spiro atoms. The Kier molecular flexibility index (Phi) is 5.04. The largest absolute Gasteiger partial charge is 0.354 e. The van der Waals surface area contributed by atoms with E-state index in [2.05, 4.69) is 131 Å². The zero-order valence-corrected chi connectivity index (χ0v) is 28.3. The minimum absolute atomic E-state index is 0.973. The molecule has 4 heterocycles. The lowest BCUT2D eigenvalue weighted by atomic mass is 9.97. The zero-order valence-electron chi connectivity index (χ0n) is 28.3. The van der Waals surface area contributed by atoms with Crippen LogP contribution in [0.5, 0.6) is 0 Å². The van der Waals surface area contributed by atoms with Gasteiger partial charge in [0.1, 0.15) is 0 Å². The summed E-state index contributed by atoms with van der Waals surface area (Å²) in [5, 5.41) is 2.41. The van der Waals surface area contributed by atoms with E-state index >= 15 is 0 Å². The van der Waals surface area contributed by atoms with Crippen LogP contribution in [0, 0.1) is 0 Å². The van der Waals surface area contributed by atoms with Crippen LogP contribution >= 0.6 is 0 Å². The monoisotopic (exact) mass is 662 g/mol. The molecule has 2 N–H and O–H groups in total. The predicted molar refractivity (Wildman–Crippen MR) is 207 cm³/mol. The Morgan fingerprint density at radius 1 is 0.346 bits per heavy atom. The third-order valence-corrected chi connectivity index (χ3v) is 11.9. The maximum absolute atomic E-state index is 5.67. The van der Waals surface area contributed by atoms with E-state index in [9.17, 15) is 0 Å². The number of hydrogen-bond acceptors (Lipinski definition) is 2. The summed E-state index contributed by atoms with van der Waals surface area (Å²) < 4.78 is 0. The summed E-state index contributed by atoms with van der Waals surface area (Å²) in [4.78, 5) is 19.5. The number of hydrogen-bond donors (Lipinski definition) is 2. The van der Waals surface area contributed by atoms with Gasteiger partial charge in [-0.3, -0.25) is 0 Å². The third-order valence-electron chi connectivity index (χ3n) is 11.9. The minimum Gasteiger partial charge on any atom is -0.354 e. The number of aromatic amines is 2. The fraction of sp³-hybridized carbons (Fsp3) is 0.0833. The summed E-state index contributed by atoms with van der Waals surface area (Å²) in [5.41, 5.74) is 27.6. The number of H-pyrrole nitrogens is 2. The Labute approximate surface area is 300 Å². The highest BCUT2D eigenvalue weighted by molar-refractivity contribution is 6.37. The van der Waals surface area contributed by atoms with Gasteiger partial charge in [0.2, 0.25) is 0 Å². The van der Waals surface area contributed by atoms with Gasteiger partial charge in [0.25, 0.3) is 0 Å². The number of aliphatic imine (C=N–C) groups is 2. The molecule has 0 atom stereocenters. The molecule has 7 aliphatic rings. The summed E-state index contributed by atoms with van der Waals surface area (Å²) in [7, 11) is 0. The highest BCUT2D eigenvalue weighted by atomic mass is 14.9. The molecule has 52 heavy (non-hydrogen) atoms. The average Bonchev–Trinajstić information content (AvgIpc) is 4.09. The van der Waals surface area contributed by atoms with Gasteiger partial charge >= 0.3 is 0 Å². The Morgan fingerprint density at radius 2 is 0.712 bits per heavy atom. The number of allylic oxidation sites excluding steroid dienone is 4. The van der Waals surface area contributed by atoms with E-state index < -0.39 is 0 Å². The van der Waals surface area contributed by atoms with E-state index in [1.54, 1.807) is 0 Å². The first-order valence-electron chi connectivity index (χ1n) is 18.4. The lowest BCUT2D eigenvalue weighted by molar-refractivity contribution is 1.17. The lowest BCUT2D eigenvalue weighted by Crippen LogP contribution is -2.25. The second-order valence-electron chi connectivity index (χ2n) is 14.9. The van der Waals surface area contributed by atoms with Crippen LogP contribution in [0.15, 0.2) is 165 Å². The topological polar surface area (TPSA) is 56.3 Å². The van der Waals surface area contributed by atoms with Crippen molar-refractivity contribution in [3.05, 3.63) is 222 Å². The Bertz CT molecular complexity index is 2790. The number of nitrogens with one attached hydrogen (secondary N) is 2. The van der Waals surface area contributed by atoms with E-state index in [4.69, 9.17) is 9.98 Å². The van der Waals surface area contributed by atoms with Crippen molar-refractivity contribution < 1.29 is 0 Å². The second-order valence-corrected chi connectivity index (χ2v) is 14.9. The van der Waals surface area contributed by atoms with E-state index in [0.717, 1.165) is 48.5 Å².